The molecule has 0 aliphatic heterocycles. The largest absolute Gasteiger partial charge is 0.497 e. The van der Waals surface area contributed by atoms with Crippen LogP contribution in [-0.4, -0.2) is 18.8 Å². The van der Waals surface area contributed by atoms with Crippen LogP contribution in [0.15, 0.2) is 53.5 Å². The number of hydrogen-bond donors (Lipinski definition) is 2. The lowest BCUT2D eigenvalue weighted by Crippen LogP contribution is -2.12. The van der Waals surface area contributed by atoms with E-state index in [4.69, 9.17) is 22.1 Å². The fourth-order valence-corrected chi connectivity index (χ4v) is 1.91. The zero-order valence-corrected chi connectivity index (χ0v) is 12.6. The molecule has 0 aromatic heterocycles. The van der Waals surface area contributed by atoms with Crippen LogP contribution >= 0.6 is 11.6 Å². The van der Waals surface area contributed by atoms with Crippen molar-refractivity contribution in [2.75, 3.05) is 18.3 Å². The summed E-state index contributed by atoms with van der Waals surface area (Å²) in [5, 5.41) is 3.35. The van der Waals surface area contributed by atoms with Gasteiger partial charge in [-0.2, -0.15) is 0 Å². The Hall–Kier alpha value is -2.20. The predicted molar refractivity (Wildman–Crippen MR) is 88.8 cm³/mol. The number of aliphatic imine (C=N–C) groups is 1. The Balaban J connectivity index is 2.09. The Labute approximate surface area is 129 Å². The van der Waals surface area contributed by atoms with E-state index in [2.05, 4.69) is 10.3 Å². The highest BCUT2D eigenvalue weighted by Crippen LogP contribution is 2.25. The van der Waals surface area contributed by atoms with Crippen LogP contribution in [0.2, 0.25) is 0 Å². The molecule has 0 atom stereocenters. The molecule has 110 valence electrons. The van der Waals surface area contributed by atoms with Gasteiger partial charge in [0.1, 0.15) is 11.6 Å². The van der Waals surface area contributed by atoms with Gasteiger partial charge in [-0.05, 0) is 29.8 Å². The second-order valence-electron chi connectivity index (χ2n) is 4.46. The standard InChI is InChI=1S/C16H18ClN3O/c1-21-13-8-6-12(7-9-13)11-19-14-4-2-3-5-15(14)20-16(18)10-17/h2-9,19H,10-11H2,1H3,(H2,18,20). The minimum absolute atomic E-state index is 0.215. The minimum Gasteiger partial charge on any atom is -0.497 e. The fourth-order valence-electron chi connectivity index (χ4n) is 1.85. The van der Waals surface area contributed by atoms with Crippen LogP contribution in [-0.2, 0) is 6.54 Å². The van der Waals surface area contributed by atoms with Crippen molar-refractivity contribution in [3.8, 4) is 5.75 Å². The van der Waals surface area contributed by atoms with E-state index in [1.807, 2.05) is 48.5 Å². The van der Waals surface area contributed by atoms with Crippen LogP contribution in [0.1, 0.15) is 5.56 Å². The predicted octanol–water partition coefficient (Wildman–Crippen LogP) is 3.53. The first-order valence-corrected chi connectivity index (χ1v) is 7.11. The van der Waals surface area contributed by atoms with E-state index in [0.29, 0.717) is 12.4 Å². The lowest BCUT2D eigenvalue weighted by Gasteiger charge is -2.10. The van der Waals surface area contributed by atoms with Crippen molar-refractivity contribution >= 4 is 28.8 Å². The number of ether oxygens (including phenoxy) is 1. The van der Waals surface area contributed by atoms with Gasteiger partial charge in [0.25, 0.3) is 0 Å². The van der Waals surface area contributed by atoms with Gasteiger partial charge in [-0.25, -0.2) is 4.99 Å². The number of nitrogens with one attached hydrogen (secondary N) is 1. The van der Waals surface area contributed by atoms with Crippen LogP contribution in [0.3, 0.4) is 0 Å². The Morgan fingerprint density at radius 3 is 2.57 bits per heavy atom. The van der Waals surface area contributed by atoms with Crippen LogP contribution in [0.25, 0.3) is 0 Å². The fraction of sp³-hybridized carbons (Fsp3) is 0.188. The first-order chi connectivity index (χ1) is 10.2. The number of nitrogens with zero attached hydrogens (tertiary/aromatic N) is 1. The Morgan fingerprint density at radius 2 is 1.90 bits per heavy atom. The van der Waals surface area contributed by atoms with Gasteiger partial charge in [-0.3, -0.25) is 0 Å². The molecule has 0 aliphatic rings. The average Bonchev–Trinajstić information content (AvgIpc) is 2.54. The molecule has 0 bridgehead atoms. The molecule has 0 aliphatic carbocycles. The summed E-state index contributed by atoms with van der Waals surface area (Å²) in [7, 11) is 1.66. The monoisotopic (exact) mass is 303 g/mol. The number of rotatable bonds is 6. The van der Waals surface area contributed by atoms with Gasteiger partial charge in [0.2, 0.25) is 0 Å². The molecule has 3 N–H and O–H groups in total. The third-order valence-corrected chi connectivity index (χ3v) is 3.22. The molecular formula is C16H18ClN3O. The maximum Gasteiger partial charge on any atom is 0.118 e. The topological polar surface area (TPSA) is 59.6 Å². The van der Waals surface area contributed by atoms with E-state index < -0.39 is 0 Å². The van der Waals surface area contributed by atoms with Gasteiger partial charge in [0, 0.05) is 6.54 Å². The van der Waals surface area contributed by atoms with E-state index in [1.54, 1.807) is 7.11 Å². The van der Waals surface area contributed by atoms with E-state index in [0.717, 1.165) is 22.7 Å². The highest BCUT2D eigenvalue weighted by Gasteiger charge is 2.01. The van der Waals surface area contributed by atoms with E-state index in [9.17, 15) is 0 Å². The summed E-state index contributed by atoms with van der Waals surface area (Å²) >= 11 is 5.67. The van der Waals surface area contributed by atoms with Crippen molar-refractivity contribution in [2.45, 2.75) is 6.54 Å². The molecule has 0 saturated carbocycles. The molecule has 2 aromatic carbocycles. The van der Waals surface area contributed by atoms with Crippen molar-refractivity contribution in [2.24, 2.45) is 10.7 Å². The number of nitrogens with two attached hydrogens (primary N) is 1. The van der Waals surface area contributed by atoms with Gasteiger partial charge in [0.05, 0.1) is 24.4 Å². The molecule has 2 rings (SSSR count). The van der Waals surface area contributed by atoms with E-state index in [1.165, 1.54) is 0 Å². The van der Waals surface area contributed by atoms with Crippen molar-refractivity contribution in [1.82, 2.24) is 0 Å². The second-order valence-corrected chi connectivity index (χ2v) is 4.72. The summed E-state index contributed by atoms with van der Waals surface area (Å²) in [5.74, 6) is 1.46. The number of methoxy groups -OCH3 is 1. The Kier molecular flexibility index (Phi) is 5.46. The van der Waals surface area contributed by atoms with Crippen LogP contribution in [0.5, 0.6) is 5.75 Å². The molecule has 0 saturated heterocycles. The second kappa shape index (κ2) is 7.55. The third kappa shape index (κ3) is 4.39. The lowest BCUT2D eigenvalue weighted by atomic mass is 10.2. The summed E-state index contributed by atoms with van der Waals surface area (Å²) in [6.07, 6.45) is 0. The molecule has 0 unspecified atom stereocenters. The van der Waals surface area contributed by atoms with Crippen LogP contribution in [0, 0.1) is 0 Å². The zero-order chi connectivity index (χ0) is 15.1. The van der Waals surface area contributed by atoms with Crippen molar-refractivity contribution in [3.63, 3.8) is 0 Å². The number of hydrogen-bond acceptors (Lipinski definition) is 3. The quantitative estimate of drug-likeness (QED) is 0.487. The molecule has 0 amide bonds. The summed E-state index contributed by atoms with van der Waals surface area (Å²) in [6, 6.07) is 15.6. The van der Waals surface area contributed by atoms with Crippen molar-refractivity contribution in [3.05, 3.63) is 54.1 Å². The maximum absolute atomic E-state index is 5.69. The summed E-state index contributed by atoms with van der Waals surface area (Å²) in [4.78, 5) is 4.30. The van der Waals surface area contributed by atoms with Crippen molar-refractivity contribution < 1.29 is 4.74 Å². The highest BCUT2D eigenvalue weighted by atomic mass is 35.5. The number of benzene rings is 2. The Morgan fingerprint density at radius 1 is 1.19 bits per heavy atom. The molecular weight excluding hydrogens is 286 g/mol. The normalized spacial score (nSPS) is 11.2. The van der Waals surface area contributed by atoms with Gasteiger partial charge < -0.3 is 15.8 Å². The Bertz CT molecular complexity index is 611. The highest BCUT2D eigenvalue weighted by molar-refractivity contribution is 6.28. The smallest absolute Gasteiger partial charge is 0.118 e. The van der Waals surface area contributed by atoms with E-state index >= 15 is 0 Å². The SMILES string of the molecule is COc1ccc(CNc2ccccc2N=C(N)CCl)cc1. The first kappa shape index (κ1) is 15.2. The minimum atomic E-state index is 0.215. The van der Waals surface area contributed by atoms with Gasteiger partial charge >= 0.3 is 0 Å². The molecule has 0 fully saturated rings. The average molecular weight is 304 g/mol. The van der Waals surface area contributed by atoms with Gasteiger partial charge in [0.15, 0.2) is 0 Å². The molecule has 5 heteroatoms. The molecule has 2 aromatic rings. The third-order valence-electron chi connectivity index (χ3n) is 2.95. The number of amidine groups is 1. The summed E-state index contributed by atoms with van der Waals surface area (Å²) in [6.45, 7) is 0.692. The lowest BCUT2D eigenvalue weighted by molar-refractivity contribution is 0.414. The summed E-state index contributed by atoms with van der Waals surface area (Å²) < 4.78 is 5.14. The molecule has 0 heterocycles. The first-order valence-electron chi connectivity index (χ1n) is 6.57. The summed E-state index contributed by atoms with van der Waals surface area (Å²) in [5.41, 5.74) is 8.54. The number of alkyl halides is 1. The van der Waals surface area contributed by atoms with Crippen molar-refractivity contribution in [1.29, 1.82) is 0 Å². The number of para-hydroxylation sites is 2. The van der Waals surface area contributed by atoms with Gasteiger partial charge in [-0.15, -0.1) is 11.6 Å². The van der Waals surface area contributed by atoms with Crippen LogP contribution in [0.4, 0.5) is 11.4 Å². The van der Waals surface area contributed by atoms with E-state index in [-0.39, 0.29) is 5.88 Å². The zero-order valence-electron chi connectivity index (χ0n) is 11.8. The maximum atomic E-state index is 5.69. The van der Waals surface area contributed by atoms with Crippen LogP contribution < -0.4 is 15.8 Å². The molecule has 4 nitrogen and oxygen atoms in total. The molecule has 0 spiro atoms. The van der Waals surface area contributed by atoms with Gasteiger partial charge in [-0.1, -0.05) is 24.3 Å². The molecule has 0 radical (unpaired) electrons. The number of anilines is 1. The molecule has 21 heavy (non-hydrogen) atoms. The number of halogens is 1.